The van der Waals surface area contributed by atoms with Crippen LogP contribution < -0.4 is 11.0 Å². The first kappa shape index (κ1) is 11.9. The van der Waals surface area contributed by atoms with Gasteiger partial charge in [0.1, 0.15) is 0 Å². The van der Waals surface area contributed by atoms with E-state index in [1.165, 1.54) is 6.20 Å². The molecule has 4 nitrogen and oxygen atoms in total. The zero-order valence-corrected chi connectivity index (χ0v) is 10.7. The smallest absolute Gasteiger partial charge is 0.347 e. The molecule has 1 aromatic carbocycles. The third-order valence-electron chi connectivity index (χ3n) is 2.29. The van der Waals surface area contributed by atoms with Crippen LogP contribution in [0.5, 0.6) is 0 Å². The molecule has 0 bridgehead atoms. The molecule has 0 unspecified atom stereocenters. The van der Waals surface area contributed by atoms with Crippen LogP contribution >= 0.6 is 15.9 Å². The van der Waals surface area contributed by atoms with Crippen LogP contribution in [0.2, 0.25) is 0 Å². The zero-order valence-electron chi connectivity index (χ0n) is 9.14. The van der Waals surface area contributed by atoms with Crippen LogP contribution in [-0.2, 0) is 6.54 Å². The highest BCUT2D eigenvalue weighted by Gasteiger charge is 1.95. The summed E-state index contributed by atoms with van der Waals surface area (Å²) in [5.74, 6) is 0. The van der Waals surface area contributed by atoms with Crippen LogP contribution in [0.3, 0.4) is 0 Å². The number of aromatic nitrogens is 2. The average Bonchev–Trinajstić information content (AvgIpc) is 2.32. The fourth-order valence-corrected chi connectivity index (χ4v) is 1.88. The Kier molecular flexibility index (Phi) is 3.93. The maximum atomic E-state index is 11.3. The largest absolute Gasteiger partial charge is 0.383 e. The van der Waals surface area contributed by atoms with E-state index >= 15 is 0 Å². The molecule has 0 aliphatic heterocycles. The van der Waals surface area contributed by atoms with E-state index in [1.54, 1.807) is 16.8 Å². The molecule has 0 saturated carbocycles. The van der Waals surface area contributed by atoms with Gasteiger partial charge in [-0.25, -0.2) is 9.78 Å². The molecular weight excluding hydrogens is 282 g/mol. The van der Waals surface area contributed by atoms with Gasteiger partial charge < -0.3 is 5.32 Å². The maximum absolute atomic E-state index is 11.3. The summed E-state index contributed by atoms with van der Waals surface area (Å²) in [4.78, 5) is 15.0. The lowest BCUT2D eigenvalue weighted by atomic mass is 10.3. The number of halogens is 1. The summed E-state index contributed by atoms with van der Waals surface area (Å²) in [5, 5.41) is 3.24. The molecule has 0 aliphatic carbocycles. The standard InChI is InChI=1S/C12H12BrN3O/c13-10-3-1-4-11(9-10)14-6-8-16-7-2-5-15-12(16)17/h1-5,7,9,14H,6,8H2. The van der Waals surface area contributed by atoms with E-state index in [0.717, 1.165) is 10.2 Å². The number of nitrogens with one attached hydrogen (secondary N) is 1. The van der Waals surface area contributed by atoms with Gasteiger partial charge in [-0.15, -0.1) is 0 Å². The van der Waals surface area contributed by atoms with Gasteiger partial charge in [-0.3, -0.25) is 4.57 Å². The Morgan fingerprint density at radius 3 is 3.00 bits per heavy atom. The fraction of sp³-hybridized carbons (Fsp3) is 0.167. The van der Waals surface area contributed by atoms with E-state index in [1.807, 2.05) is 24.3 Å². The number of benzene rings is 1. The molecule has 0 aliphatic rings. The average molecular weight is 294 g/mol. The van der Waals surface area contributed by atoms with Gasteiger partial charge in [0, 0.05) is 35.6 Å². The molecule has 88 valence electrons. The number of hydrogen-bond donors (Lipinski definition) is 1. The molecule has 5 heteroatoms. The number of rotatable bonds is 4. The van der Waals surface area contributed by atoms with Crippen LogP contribution in [0.4, 0.5) is 5.69 Å². The Labute approximate surface area is 107 Å². The topological polar surface area (TPSA) is 46.9 Å². The molecule has 0 amide bonds. The Morgan fingerprint density at radius 2 is 2.24 bits per heavy atom. The molecule has 0 radical (unpaired) electrons. The van der Waals surface area contributed by atoms with Gasteiger partial charge in [0.05, 0.1) is 0 Å². The summed E-state index contributed by atoms with van der Waals surface area (Å²) in [6.07, 6.45) is 3.23. The van der Waals surface area contributed by atoms with Crippen molar-refractivity contribution in [1.29, 1.82) is 0 Å². The first-order valence-corrected chi connectivity index (χ1v) is 6.06. The van der Waals surface area contributed by atoms with Crippen molar-refractivity contribution in [2.75, 3.05) is 11.9 Å². The minimum absolute atomic E-state index is 0.219. The molecule has 1 heterocycles. The number of hydrogen-bond acceptors (Lipinski definition) is 3. The number of anilines is 1. The van der Waals surface area contributed by atoms with Gasteiger partial charge >= 0.3 is 5.69 Å². The Morgan fingerprint density at radius 1 is 1.35 bits per heavy atom. The van der Waals surface area contributed by atoms with Crippen LogP contribution in [-0.4, -0.2) is 16.1 Å². The lowest BCUT2D eigenvalue weighted by Gasteiger charge is -2.07. The SMILES string of the molecule is O=c1ncccn1CCNc1cccc(Br)c1. The van der Waals surface area contributed by atoms with Crippen LogP contribution in [0, 0.1) is 0 Å². The summed E-state index contributed by atoms with van der Waals surface area (Å²) >= 11 is 3.41. The number of nitrogens with zero attached hydrogens (tertiary/aromatic N) is 2. The van der Waals surface area contributed by atoms with Crippen molar-refractivity contribution in [2.24, 2.45) is 0 Å². The van der Waals surface area contributed by atoms with Crippen molar-refractivity contribution in [3.63, 3.8) is 0 Å². The van der Waals surface area contributed by atoms with E-state index in [4.69, 9.17) is 0 Å². The summed E-state index contributed by atoms with van der Waals surface area (Å²) in [6, 6.07) is 9.66. The Hall–Kier alpha value is -1.62. The van der Waals surface area contributed by atoms with E-state index < -0.39 is 0 Å². The lowest BCUT2D eigenvalue weighted by Crippen LogP contribution is -2.24. The van der Waals surface area contributed by atoms with Crippen LogP contribution in [0.1, 0.15) is 0 Å². The molecular formula is C12H12BrN3O. The molecule has 2 aromatic rings. The zero-order chi connectivity index (χ0) is 12.1. The third-order valence-corrected chi connectivity index (χ3v) is 2.78. The van der Waals surface area contributed by atoms with Gasteiger partial charge in [-0.1, -0.05) is 22.0 Å². The van der Waals surface area contributed by atoms with E-state index in [2.05, 4.69) is 26.2 Å². The summed E-state index contributed by atoms with van der Waals surface area (Å²) in [5.41, 5.74) is 0.805. The molecule has 0 fully saturated rings. The van der Waals surface area contributed by atoms with E-state index in [-0.39, 0.29) is 5.69 Å². The van der Waals surface area contributed by atoms with Gasteiger partial charge in [0.25, 0.3) is 0 Å². The minimum Gasteiger partial charge on any atom is -0.383 e. The predicted molar refractivity (Wildman–Crippen MR) is 71.1 cm³/mol. The van der Waals surface area contributed by atoms with Crippen molar-refractivity contribution < 1.29 is 0 Å². The van der Waals surface area contributed by atoms with Crippen LogP contribution in [0.25, 0.3) is 0 Å². The first-order chi connectivity index (χ1) is 8.25. The molecule has 1 N–H and O–H groups in total. The molecule has 0 spiro atoms. The highest BCUT2D eigenvalue weighted by Crippen LogP contribution is 2.15. The lowest BCUT2D eigenvalue weighted by molar-refractivity contribution is 0.674. The third kappa shape index (κ3) is 3.42. The van der Waals surface area contributed by atoms with Crippen molar-refractivity contribution in [3.8, 4) is 0 Å². The summed E-state index contributed by atoms with van der Waals surface area (Å²) < 4.78 is 2.60. The second-order valence-electron chi connectivity index (χ2n) is 3.53. The predicted octanol–water partition coefficient (Wildman–Crippen LogP) is 2.12. The maximum Gasteiger partial charge on any atom is 0.347 e. The van der Waals surface area contributed by atoms with Crippen molar-refractivity contribution in [2.45, 2.75) is 6.54 Å². The molecule has 0 saturated heterocycles. The highest BCUT2D eigenvalue weighted by molar-refractivity contribution is 9.10. The molecule has 2 rings (SSSR count). The van der Waals surface area contributed by atoms with Gasteiger partial charge in [0.15, 0.2) is 0 Å². The minimum atomic E-state index is -0.219. The van der Waals surface area contributed by atoms with Crippen molar-refractivity contribution >= 4 is 21.6 Å². The van der Waals surface area contributed by atoms with Crippen molar-refractivity contribution in [1.82, 2.24) is 9.55 Å². The first-order valence-electron chi connectivity index (χ1n) is 5.26. The fourth-order valence-electron chi connectivity index (χ4n) is 1.48. The van der Waals surface area contributed by atoms with Gasteiger partial charge in [-0.05, 0) is 24.3 Å². The second kappa shape index (κ2) is 5.63. The van der Waals surface area contributed by atoms with E-state index in [0.29, 0.717) is 13.1 Å². The second-order valence-corrected chi connectivity index (χ2v) is 4.45. The Balaban J connectivity index is 1.92. The molecule has 1 aromatic heterocycles. The Bertz CT molecular complexity index is 553. The molecule has 17 heavy (non-hydrogen) atoms. The summed E-state index contributed by atoms with van der Waals surface area (Å²) in [7, 11) is 0. The normalized spacial score (nSPS) is 10.2. The van der Waals surface area contributed by atoms with Gasteiger partial charge in [-0.2, -0.15) is 0 Å². The quantitative estimate of drug-likeness (QED) is 0.939. The monoisotopic (exact) mass is 293 g/mol. The highest BCUT2D eigenvalue weighted by atomic mass is 79.9. The van der Waals surface area contributed by atoms with Crippen LogP contribution in [0.15, 0.2) is 52.0 Å². The van der Waals surface area contributed by atoms with Gasteiger partial charge in [0.2, 0.25) is 0 Å². The van der Waals surface area contributed by atoms with Crippen molar-refractivity contribution in [3.05, 3.63) is 57.7 Å². The molecule has 0 atom stereocenters. The summed E-state index contributed by atoms with van der Waals surface area (Å²) in [6.45, 7) is 1.28. The van der Waals surface area contributed by atoms with E-state index in [9.17, 15) is 4.79 Å².